The van der Waals surface area contributed by atoms with E-state index >= 15 is 0 Å². The highest BCUT2D eigenvalue weighted by Crippen LogP contribution is 2.25. The van der Waals surface area contributed by atoms with Gasteiger partial charge < -0.3 is 9.47 Å². The molecule has 0 heterocycles. The summed E-state index contributed by atoms with van der Waals surface area (Å²) in [4.78, 5) is 25.4. The molecule has 0 aliphatic rings. The molecule has 5 heteroatoms. The highest BCUT2D eigenvalue weighted by atomic mass is 19.1. The SMILES string of the molecule is CCCCCCCCOc1ccc(-c2ccc(C(=O)Oc3ccc(C(=O)C(C)CCCCCC)cc3F)cc2)cc1. The molecule has 0 aromatic heterocycles. The van der Waals surface area contributed by atoms with Crippen LogP contribution in [0, 0.1) is 11.7 Å². The van der Waals surface area contributed by atoms with Crippen LogP contribution in [-0.4, -0.2) is 18.4 Å². The fourth-order valence-electron chi connectivity index (χ4n) is 4.80. The van der Waals surface area contributed by atoms with Gasteiger partial charge in [-0.05, 0) is 66.4 Å². The largest absolute Gasteiger partial charge is 0.494 e. The molecular weight excluding hydrogens is 515 g/mol. The first-order valence-electron chi connectivity index (χ1n) is 15.3. The number of ether oxygens (including phenoxy) is 2. The van der Waals surface area contributed by atoms with Gasteiger partial charge in [-0.1, -0.05) is 103 Å². The number of Topliss-reactive ketones (excluding diaryl/α,β-unsaturated/α-hetero) is 1. The van der Waals surface area contributed by atoms with E-state index in [0.717, 1.165) is 68.1 Å². The van der Waals surface area contributed by atoms with Crippen LogP contribution >= 0.6 is 0 Å². The Labute approximate surface area is 245 Å². The van der Waals surface area contributed by atoms with E-state index in [1.54, 1.807) is 12.1 Å². The second kappa shape index (κ2) is 17.4. The van der Waals surface area contributed by atoms with Gasteiger partial charge in [0.25, 0.3) is 0 Å². The number of halogens is 1. The summed E-state index contributed by atoms with van der Waals surface area (Å²) in [6.07, 6.45) is 12.5. The van der Waals surface area contributed by atoms with Crippen molar-refractivity contribution in [3.8, 4) is 22.6 Å². The Kier molecular flexibility index (Phi) is 13.6. The van der Waals surface area contributed by atoms with Gasteiger partial charge in [0.2, 0.25) is 0 Å². The van der Waals surface area contributed by atoms with Crippen LogP contribution in [0.25, 0.3) is 11.1 Å². The van der Waals surface area contributed by atoms with Gasteiger partial charge in [-0.2, -0.15) is 0 Å². The summed E-state index contributed by atoms with van der Waals surface area (Å²) in [6, 6.07) is 19.0. The monoisotopic (exact) mass is 560 g/mol. The Morgan fingerprint density at radius 1 is 0.707 bits per heavy atom. The molecule has 4 nitrogen and oxygen atoms in total. The molecule has 0 spiro atoms. The van der Waals surface area contributed by atoms with Gasteiger partial charge in [-0.15, -0.1) is 0 Å². The van der Waals surface area contributed by atoms with Crippen molar-refractivity contribution < 1.29 is 23.5 Å². The summed E-state index contributed by atoms with van der Waals surface area (Å²) in [5, 5.41) is 0. The Morgan fingerprint density at radius 2 is 1.27 bits per heavy atom. The van der Waals surface area contributed by atoms with Crippen molar-refractivity contribution in [3.05, 3.63) is 83.7 Å². The second-order valence-electron chi connectivity index (χ2n) is 10.9. The molecule has 0 amide bonds. The summed E-state index contributed by atoms with van der Waals surface area (Å²) in [5.74, 6) is -0.991. The summed E-state index contributed by atoms with van der Waals surface area (Å²) in [7, 11) is 0. The third-order valence-electron chi connectivity index (χ3n) is 7.43. The number of esters is 1. The van der Waals surface area contributed by atoms with Gasteiger partial charge in [0.15, 0.2) is 17.3 Å². The van der Waals surface area contributed by atoms with E-state index in [-0.39, 0.29) is 17.5 Å². The summed E-state index contributed by atoms with van der Waals surface area (Å²) in [5.41, 5.74) is 2.56. The van der Waals surface area contributed by atoms with Crippen molar-refractivity contribution in [1.29, 1.82) is 0 Å². The zero-order chi connectivity index (χ0) is 29.5. The first-order chi connectivity index (χ1) is 19.9. The van der Waals surface area contributed by atoms with Crippen LogP contribution in [0.15, 0.2) is 66.7 Å². The molecule has 0 radical (unpaired) electrons. The van der Waals surface area contributed by atoms with Gasteiger partial charge in [-0.3, -0.25) is 4.79 Å². The van der Waals surface area contributed by atoms with Gasteiger partial charge >= 0.3 is 5.97 Å². The molecule has 3 rings (SSSR count). The number of unbranched alkanes of at least 4 members (excludes halogenated alkanes) is 8. The highest BCUT2D eigenvalue weighted by Gasteiger charge is 2.18. The molecule has 3 aromatic carbocycles. The maximum atomic E-state index is 14.7. The average Bonchev–Trinajstić information content (AvgIpc) is 2.99. The highest BCUT2D eigenvalue weighted by molar-refractivity contribution is 5.98. The Morgan fingerprint density at radius 3 is 1.90 bits per heavy atom. The van der Waals surface area contributed by atoms with Crippen molar-refractivity contribution in [3.63, 3.8) is 0 Å². The standard InChI is InChI=1S/C36H45FO4/c1-4-6-8-10-11-13-25-40-32-22-19-29(20-23-32)28-15-17-30(18-16-28)36(39)41-34-24-21-31(26-33(34)37)35(38)27(3)14-12-9-7-5-2/h15-24,26-27H,4-14,25H2,1-3H3. The maximum absolute atomic E-state index is 14.7. The number of hydrogen-bond donors (Lipinski definition) is 0. The molecule has 0 aliphatic carbocycles. The van der Waals surface area contributed by atoms with Crippen LogP contribution in [0.2, 0.25) is 0 Å². The molecule has 0 fully saturated rings. The molecule has 0 saturated heterocycles. The number of hydrogen-bond acceptors (Lipinski definition) is 4. The molecule has 3 aromatic rings. The molecule has 0 aliphatic heterocycles. The Hall–Kier alpha value is -3.47. The van der Waals surface area contributed by atoms with Crippen LogP contribution < -0.4 is 9.47 Å². The van der Waals surface area contributed by atoms with Crippen molar-refractivity contribution in [2.45, 2.75) is 91.4 Å². The molecule has 41 heavy (non-hydrogen) atoms. The fourth-order valence-corrected chi connectivity index (χ4v) is 4.80. The van der Waals surface area contributed by atoms with Crippen molar-refractivity contribution >= 4 is 11.8 Å². The maximum Gasteiger partial charge on any atom is 0.343 e. The van der Waals surface area contributed by atoms with Gasteiger partial charge in [-0.25, -0.2) is 9.18 Å². The number of carbonyl (C=O) groups is 2. The first kappa shape index (κ1) is 32.0. The van der Waals surface area contributed by atoms with E-state index in [4.69, 9.17) is 9.47 Å². The third kappa shape index (κ3) is 10.5. The Bertz CT molecular complexity index is 1220. The second-order valence-corrected chi connectivity index (χ2v) is 10.9. The minimum atomic E-state index is -0.724. The van der Waals surface area contributed by atoms with Crippen LogP contribution in [0.3, 0.4) is 0 Å². The quantitative estimate of drug-likeness (QED) is 0.0672. The van der Waals surface area contributed by atoms with Crippen LogP contribution in [0.1, 0.15) is 112 Å². The fraction of sp³-hybridized carbons (Fsp3) is 0.444. The molecule has 0 bridgehead atoms. The summed E-state index contributed by atoms with van der Waals surface area (Å²) >= 11 is 0. The summed E-state index contributed by atoms with van der Waals surface area (Å²) < 4.78 is 25.9. The molecule has 1 unspecified atom stereocenters. The zero-order valence-electron chi connectivity index (χ0n) is 24.9. The van der Waals surface area contributed by atoms with E-state index in [1.807, 2.05) is 43.3 Å². The topological polar surface area (TPSA) is 52.6 Å². The number of benzene rings is 3. The predicted molar refractivity (Wildman–Crippen MR) is 164 cm³/mol. The van der Waals surface area contributed by atoms with E-state index in [2.05, 4.69) is 13.8 Å². The number of carbonyl (C=O) groups excluding carboxylic acids is 2. The smallest absolute Gasteiger partial charge is 0.343 e. The first-order valence-corrected chi connectivity index (χ1v) is 15.3. The van der Waals surface area contributed by atoms with Gasteiger partial charge in [0.1, 0.15) is 5.75 Å². The van der Waals surface area contributed by atoms with E-state index in [0.29, 0.717) is 11.1 Å². The molecule has 0 N–H and O–H groups in total. The molecular formula is C36H45FO4. The number of ketones is 1. The lowest BCUT2D eigenvalue weighted by molar-refractivity contribution is 0.0728. The zero-order valence-corrected chi connectivity index (χ0v) is 24.9. The average molecular weight is 561 g/mol. The normalized spacial score (nSPS) is 11.7. The van der Waals surface area contributed by atoms with Crippen molar-refractivity contribution in [1.82, 2.24) is 0 Å². The van der Waals surface area contributed by atoms with Crippen molar-refractivity contribution in [2.75, 3.05) is 6.61 Å². The van der Waals surface area contributed by atoms with E-state index < -0.39 is 11.8 Å². The minimum absolute atomic E-state index is 0.0914. The Balaban J connectivity index is 1.50. The number of rotatable bonds is 18. The minimum Gasteiger partial charge on any atom is -0.494 e. The van der Waals surface area contributed by atoms with Crippen molar-refractivity contribution in [2.24, 2.45) is 5.92 Å². The molecule has 0 saturated carbocycles. The molecule has 1 atom stereocenters. The molecule has 220 valence electrons. The van der Waals surface area contributed by atoms with Crippen LogP contribution in [0.5, 0.6) is 11.5 Å². The van der Waals surface area contributed by atoms with E-state index in [1.165, 1.54) is 44.2 Å². The lowest BCUT2D eigenvalue weighted by Crippen LogP contribution is -2.13. The lowest BCUT2D eigenvalue weighted by atomic mass is 9.94. The van der Waals surface area contributed by atoms with Gasteiger partial charge in [0, 0.05) is 11.5 Å². The predicted octanol–water partition coefficient (Wildman–Crippen LogP) is 10.2. The lowest BCUT2D eigenvalue weighted by Gasteiger charge is -2.12. The van der Waals surface area contributed by atoms with Crippen LogP contribution in [0.4, 0.5) is 4.39 Å². The third-order valence-corrected chi connectivity index (χ3v) is 7.43. The van der Waals surface area contributed by atoms with Gasteiger partial charge in [0.05, 0.1) is 12.2 Å². The summed E-state index contributed by atoms with van der Waals surface area (Å²) in [6.45, 7) is 6.97. The van der Waals surface area contributed by atoms with E-state index in [9.17, 15) is 14.0 Å². The van der Waals surface area contributed by atoms with Crippen LogP contribution in [-0.2, 0) is 0 Å².